The van der Waals surface area contributed by atoms with Gasteiger partial charge in [-0.3, -0.25) is 0 Å². The summed E-state index contributed by atoms with van der Waals surface area (Å²) in [6, 6.07) is 0. The zero-order chi connectivity index (χ0) is 9.40. The predicted molar refractivity (Wildman–Crippen MR) is 45.9 cm³/mol. The molecule has 0 aromatic rings. The van der Waals surface area contributed by atoms with Crippen molar-refractivity contribution in [3.8, 4) is 0 Å². The Morgan fingerprint density at radius 3 is 2.67 bits per heavy atom. The van der Waals surface area contributed by atoms with Gasteiger partial charge in [-0.1, -0.05) is 0 Å². The highest BCUT2D eigenvalue weighted by atomic mass is 16.6. The molecule has 0 aliphatic heterocycles. The van der Waals surface area contributed by atoms with Crippen molar-refractivity contribution in [3.05, 3.63) is 0 Å². The number of nitrogens with one attached hydrogen (secondary N) is 1. The first kappa shape index (κ1) is 11.2. The number of aliphatic hydroxyl groups excluding tert-OH is 1. The molecular formula is C8H17NO3. The normalized spacial score (nSPS) is 10.0. The highest BCUT2D eigenvalue weighted by Crippen LogP contribution is 1.89. The van der Waals surface area contributed by atoms with Crippen LogP contribution in [0.4, 0.5) is 4.79 Å². The fourth-order valence-corrected chi connectivity index (χ4v) is 0.683. The van der Waals surface area contributed by atoms with E-state index < -0.39 is 0 Å². The molecule has 0 saturated heterocycles. The number of ether oxygens (including phenoxy) is 1. The van der Waals surface area contributed by atoms with E-state index in [1.165, 1.54) is 0 Å². The lowest BCUT2D eigenvalue weighted by Crippen LogP contribution is -2.27. The van der Waals surface area contributed by atoms with Gasteiger partial charge in [0, 0.05) is 13.2 Å². The molecule has 4 heteroatoms. The molecule has 1 amide bonds. The molecule has 0 radical (unpaired) electrons. The number of rotatable bonds is 5. The monoisotopic (exact) mass is 175 g/mol. The van der Waals surface area contributed by atoms with Crippen LogP contribution < -0.4 is 5.32 Å². The zero-order valence-electron chi connectivity index (χ0n) is 7.67. The molecule has 0 atom stereocenters. The number of amides is 1. The number of carbonyl (C=O) groups excluding carboxylic acids is 1. The molecule has 0 heterocycles. The van der Waals surface area contributed by atoms with E-state index in [0.29, 0.717) is 13.0 Å². The Bertz CT molecular complexity index is 125. The molecule has 0 aromatic heterocycles. The molecule has 0 fully saturated rings. The number of unbranched alkanes of at least 4 members (excludes halogenated alkanes) is 1. The fraction of sp³-hybridized carbons (Fsp3) is 0.875. The van der Waals surface area contributed by atoms with Crippen molar-refractivity contribution in [1.29, 1.82) is 0 Å². The summed E-state index contributed by atoms with van der Waals surface area (Å²) in [6.07, 6.45) is 1.02. The van der Waals surface area contributed by atoms with Crippen molar-refractivity contribution in [3.63, 3.8) is 0 Å². The number of alkyl carbamates (subject to hydrolysis) is 1. The molecule has 0 rings (SSSR count). The quantitative estimate of drug-likeness (QED) is 0.610. The van der Waals surface area contributed by atoms with E-state index in [2.05, 4.69) is 5.32 Å². The number of hydrogen-bond acceptors (Lipinski definition) is 3. The first-order valence-electron chi connectivity index (χ1n) is 4.22. The van der Waals surface area contributed by atoms with Crippen LogP contribution in [0.2, 0.25) is 0 Å². The minimum absolute atomic E-state index is 0.0807. The van der Waals surface area contributed by atoms with Crippen molar-refractivity contribution in [2.75, 3.05) is 13.2 Å². The summed E-state index contributed by atoms with van der Waals surface area (Å²) in [5, 5.41) is 11.0. The highest BCUT2D eigenvalue weighted by Gasteiger charge is 2.02. The van der Waals surface area contributed by atoms with Crippen LogP contribution in [-0.4, -0.2) is 30.5 Å². The van der Waals surface area contributed by atoms with E-state index in [1.807, 2.05) is 0 Å². The summed E-state index contributed by atoms with van der Waals surface area (Å²) in [5.41, 5.74) is 0. The van der Waals surface area contributed by atoms with Gasteiger partial charge in [0.2, 0.25) is 0 Å². The molecule has 4 nitrogen and oxygen atoms in total. The van der Waals surface area contributed by atoms with Gasteiger partial charge < -0.3 is 15.2 Å². The SMILES string of the molecule is CC(C)OC(=O)NCCCCO. The Balaban J connectivity index is 3.20. The fourth-order valence-electron chi connectivity index (χ4n) is 0.683. The van der Waals surface area contributed by atoms with Crippen molar-refractivity contribution in [2.45, 2.75) is 32.8 Å². The van der Waals surface area contributed by atoms with Crippen molar-refractivity contribution >= 4 is 6.09 Å². The molecule has 0 spiro atoms. The summed E-state index contributed by atoms with van der Waals surface area (Å²) in [6.45, 7) is 4.33. The van der Waals surface area contributed by atoms with Crippen LogP contribution in [-0.2, 0) is 4.74 Å². The molecule has 0 aromatic carbocycles. The van der Waals surface area contributed by atoms with Crippen molar-refractivity contribution in [2.24, 2.45) is 0 Å². The average molecular weight is 175 g/mol. The second-order valence-electron chi connectivity index (χ2n) is 2.81. The predicted octanol–water partition coefficient (Wildman–Crippen LogP) is 0.893. The van der Waals surface area contributed by atoms with Crippen LogP contribution in [0, 0.1) is 0 Å². The third-order valence-electron chi connectivity index (χ3n) is 1.20. The Morgan fingerprint density at radius 2 is 2.17 bits per heavy atom. The van der Waals surface area contributed by atoms with E-state index in [9.17, 15) is 4.79 Å². The van der Waals surface area contributed by atoms with E-state index >= 15 is 0 Å². The van der Waals surface area contributed by atoms with Crippen LogP contribution in [0.25, 0.3) is 0 Å². The van der Waals surface area contributed by atoms with Gasteiger partial charge in [0.25, 0.3) is 0 Å². The van der Waals surface area contributed by atoms with Crippen LogP contribution in [0.5, 0.6) is 0 Å². The lowest BCUT2D eigenvalue weighted by atomic mass is 10.3. The van der Waals surface area contributed by atoms with Gasteiger partial charge in [-0.15, -0.1) is 0 Å². The van der Waals surface area contributed by atoms with E-state index in [-0.39, 0.29) is 18.8 Å². The Hall–Kier alpha value is -0.770. The van der Waals surface area contributed by atoms with Crippen LogP contribution in [0.1, 0.15) is 26.7 Å². The molecule has 0 saturated carbocycles. The lowest BCUT2D eigenvalue weighted by Gasteiger charge is -2.08. The van der Waals surface area contributed by atoms with E-state index in [4.69, 9.17) is 9.84 Å². The summed E-state index contributed by atoms with van der Waals surface area (Å²) < 4.78 is 4.82. The van der Waals surface area contributed by atoms with Gasteiger partial charge >= 0.3 is 6.09 Å². The van der Waals surface area contributed by atoms with Crippen LogP contribution in [0.3, 0.4) is 0 Å². The number of carbonyl (C=O) groups is 1. The van der Waals surface area contributed by atoms with E-state index in [1.54, 1.807) is 13.8 Å². The third kappa shape index (κ3) is 7.34. The standard InChI is InChI=1S/C8H17NO3/c1-7(2)12-8(11)9-5-3-4-6-10/h7,10H,3-6H2,1-2H3,(H,9,11). The van der Waals surface area contributed by atoms with Crippen LogP contribution in [0.15, 0.2) is 0 Å². The molecular weight excluding hydrogens is 158 g/mol. The topological polar surface area (TPSA) is 58.6 Å². The molecule has 0 aliphatic rings. The zero-order valence-corrected chi connectivity index (χ0v) is 7.67. The Morgan fingerprint density at radius 1 is 1.50 bits per heavy atom. The van der Waals surface area contributed by atoms with Gasteiger partial charge in [-0.05, 0) is 26.7 Å². The first-order valence-corrected chi connectivity index (χ1v) is 4.22. The van der Waals surface area contributed by atoms with Crippen LogP contribution >= 0.6 is 0 Å². The maximum Gasteiger partial charge on any atom is 0.407 e. The largest absolute Gasteiger partial charge is 0.447 e. The summed E-state index contributed by atoms with van der Waals surface area (Å²) in [4.78, 5) is 10.8. The summed E-state index contributed by atoms with van der Waals surface area (Å²) in [7, 11) is 0. The number of aliphatic hydroxyl groups is 1. The third-order valence-corrected chi connectivity index (χ3v) is 1.20. The maximum atomic E-state index is 10.8. The minimum atomic E-state index is -0.386. The second-order valence-corrected chi connectivity index (χ2v) is 2.81. The highest BCUT2D eigenvalue weighted by molar-refractivity contribution is 5.67. The number of hydrogen-bond donors (Lipinski definition) is 2. The first-order chi connectivity index (χ1) is 5.66. The Labute approximate surface area is 72.9 Å². The van der Waals surface area contributed by atoms with Crippen molar-refractivity contribution < 1.29 is 14.6 Å². The van der Waals surface area contributed by atoms with Gasteiger partial charge in [-0.2, -0.15) is 0 Å². The molecule has 0 aliphatic carbocycles. The summed E-state index contributed by atoms with van der Waals surface area (Å²) in [5.74, 6) is 0. The van der Waals surface area contributed by atoms with Gasteiger partial charge in [0.1, 0.15) is 0 Å². The van der Waals surface area contributed by atoms with E-state index in [0.717, 1.165) is 6.42 Å². The maximum absolute atomic E-state index is 10.8. The Kier molecular flexibility index (Phi) is 6.47. The molecule has 12 heavy (non-hydrogen) atoms. The summed E-state index contributed by atoms with van der Waals surface area (Å²) >= 11 is 0. The van der Waals surface area contributed by atoms with Gasteiger partial charge in [0.05, 0.1) is 6.10 Å². The second kappa shape index (κ2) is 6.91. The van der Waals surface area contributed by atoms with Gasteiger partial charge in [0.15, 0.2) is 0 Å². The lowest BCUT2D eigenvalue weighted by molar-refractivity contribution is 0.115. The molecule has 0 unspecified atom stereocenters. The minimum Gasteiger partial charge on any atom is -0.447 e. The molecule has 72 valence electrons. The molecule has 0 bridgehead atoms. The van der Waals surface area contributed by atoms with Gasteiger partial charge in [-0.25, -0.2) is 4.79 Å². The average Bonchev–Trinajstić information content (AvgIpc) is 1.97. The van der Waals surface area contributed by atoms with Crippen molar-refractivity contribution in [1.82, 2.24) is 5.32 Å². The smallest absolute Gasteiger partial charge is 0.407 e. The molecule has 2 N–H and O–H groups in total.